The smallest absolute Gasteiger partial charge is 0.263 e. The lowest BCUT2D eigenvalue weighted by Gasteiger charge is -2.31. The molecule has 8 heteroatoms. The van der Waals surface area contributed by atoms with Gasteiger partial charge in [-0.2, -0.15) is 0 Å². The van der Waals surface area contributed by atoms with Crippen LogP contribution in [-0.4, -0.2) is 47.7 Å². The van der Waals surface area contributed by atoms with Gasteiger partial charge in [0.15, 0.2) is 11.5 Å². The molecule has 0 saturated heterocycles. The molecule has 1 saturated carbocycles. The maximum Gasteiger partial charge on any atom is 0.263 e. The minimum atomic E-state index is -0.207. The Labute approximate surface area is 185 Å². The standard InChI is InChI=1S/C23H27N3O4S/c1-25(16-7-5-4-6-8-16)20(27)12-26-14-24-22-21(23(26)28)17(13-31-22)15-9-10-18(29-2)19(11-15)30-3/h9-11,13-14,16H,4-8,12H2,1-3H3. The normalized spacial score (nSPS) is 14.5. The number of thiophene rings is 1. The van der Waals surface area contributed by atoms with E-state index in [1.807, 2.05) is 30.6 Å². The molecule has 0 unspecified atom stereocenters. The number of carbonyl (C=O) groups is 1. The molecule has 0 bridgehead atoms. The Morgan fingerprint density at radius 2 is 1.94 bits per heavy atom. The molecule has 1 fully saturated rings. The zero-order valence-corrected chi connectivity index (χ0v) is 18.9. The molecule has 7 nitrogen and oxygen atoms in total. The van der Waals surface area contributed by atoms with Gasteiger partial charge in [-0.25, -0.2) is 4.98 Å². The zero-order valence-electron chi connectivity index (χ0n) is 18.1. The highest BCUT2D eigenvalue weighted by molar-refractivity contribution is 7.17. The van der Waals surface area contributed by atoms with Gasteiger partial charge in [0.25, 0.3) is 5.56 Å². The molecule has 0 spiro atoms. The minimum Gasteiger partial charge on any atom is -0.493 e. The third-order valence-electron chi connectivity index (χ3n) is 6.08. The second kappa shape index (κ2) is 9.09. The van der Waals surface area contributed by atoms with Gasteiger partial charge in [0.1, 0.15) is 11.4 Å². The van der Waals surface area contributed by atoms with Crippen molar-refractivity contribution in [2.45, 2.75) is 44.7 Å². The molecule has 0 radical (unpaired) electrons. The van der Waals surface area contributed by atoms with E-state index in [4.69, 9.17) is 9.47 Å². The van der Waals surface area contributed by atoms with Crippen LogP contribution < -0.4 is 15.0 Å². The third kappa shape index (κ3) is 4.17. The lowest BCUT2D eigenvalue weighted by molar-refractivity contribution is -0.133. The van der Waals surface area contributed by atoms with Crippen LogP contribution in [-0.2, 0) is 11.3 Å². The van der Waals surface area contributed by atoms with Crippen LogP contribution in [0.3, 0.4) is 0 Å². The Kier molecular flexibility index (Phi) is 6.27. The molecule has 0 aliphatic heterocycles. The monoisotopic (exact) mass is 441 g/mol. The summed E-state index contributed by atoms with van der Waals surface area (Å²) in [6.45, 7) is -0.00397. The second-order valence-corrected chi connectivity index (χ2v) is 8.73. The van der Waals surface area contributed by atoms with Gasteiger partial charge in [0, 0.05) is 24.0 Å². The number of hydrogen-bond donors (Lipinski definition) is 0. The second-order valence-electron chi connectivity index (χ2n) is 7.87. The molecule has 1 amide bonds. The van der Waals surface area contributed by atoms with Crippen LogP contribution >= 0.6 is 11.3 Å². The van der Waals surface area contributed by atoms with E-state index in [9.17, 15) is 9.59 Å². The predicted molar refractivity (Wildman–Crippen MR) is 122 cm³/mol. The molecule has 3 aromatic rings. The Bertz CT molecular complexity index is 1150. The zero-order chi connectivity index (χ0) is 22.0. The van der Waals surface area contributed by atoms with Crippen LogP contribution in [0.1, 0.15) is 32.1 Å². The number of benzene rings is 1. The molecule has 164 valence electrons. The minimum absolute atomic E-state index is 0.00397. The Balaban J connectivity index is 1.66. The Morgan fingerprint density at radius 1 is 1.19 bits per heavy atom. The number of ether oxygens (including phenoxy) is 2. The molecule has 31 heavy (non-hydrogen) atoms. The van der Waals surface area contributed by atoms with Gasteiger partial charge in [0.05, 0.1) is 25.9 Å². The molecule has 2 aromatic heterocycles. The molecule has 2 heterocycles. The third-order valence-corrected chi connectivity index (χ3v) is 6.96. The number of amides is 1. The summed E-state index contributed by atoms with van der Waals surface area (Å²) >= 11 is 1.41. The van der Waals surface area contributed by atoms with Crippen molar-refractivity contribution in [2.75, 3.05) is 21.3 Å². The summed E-state index contributed by atoms with van der Waals surface area (Å²) < 4.78 is 12.1. The fourth-order valence-electron chi connectivity index (χ4n) is 4.23. The average molecular weight is 442 g/mol. The topological polar surface area (TPSA) is 73.7 Å². The quantitative estimate of drug-likeness (QED) is 0.579. The molecule has 0 atom stereocenters. The number of carbonyl (C=O) groups excluding carboxylic acids is 1. The van der Waals surface area contributed by atoms with Gasteiger partial charge < -0.3 is 14.4 Å². The van der Waals surface area contributed by atoms with Gasteiger partial charge in [-0.1, -0.05) is 25.3 Å². The number of methoxy groups -OCH3 is 2. The fraction of sp³-hybridized carbons (Fsp3) is 0.435. The van der Waals surface area contributed by atoms with Crippen LogP contribution in [0.2, 0.25) is 0 Å². The van der Waals surface area contributed by atoms with E-state index < -0.39 is 0 Å². The van der Waals surface area contributed by atoms with E-state index in [0.717, 1.165) is 36.8 Å². The number of fused-ring (bicyclic) bond motifs is 1. The summed E-state index contributed by atoms with van der Waals surface area (Å²) in [5.74, 6) is 1.16. The molecule has 4 rings (SSSR count). The van der Waals surface area contributed by atoms with Crippen LogP contribution in [0.5, 0.6) is 11.5 Å². The molecule has 1 aliphatic carbocycles. The van der Waals surface area contributed by atoms with Crippen molar-refractivity contribution < 1.29 is 14.3 Å². The van der Waals surface area contributed by atoms with Crippen LogP contribution in [0.25, 0.3) is 21.3 Å². The summed E-state index contributed by atoms with van der Waals surface area (Å²) in [6, 6.07) is 5.81. The predicted octanol–water partition coefficient (Wildman–Crippen LogP) is 3.93. The van der Waals surface area contributed by atoms with Gasteiger partial charge >= 0.3 is 0 Å². The van der Waals surface area contributed by atoms with Crippen molar-refractivity contribution in [3.63, 3.8) is 0 Å². The van der Waals surface area contributed by atoms with Crippen molar-refractivity contribution in [3.8, 4) is 22.6 Å². The van der Waals surface area contributed by atoms with Crippen LogP contribution in [0.15, 0.2) is 34.7 Å². The lowest BCUT2D eigenvalue weighted by Crippen LogP contribution is -2.41. The number of likely N-dealkylation sites (N-methyl/N-ethyl adjacent to an activating group) is 1. The number of hydrogen-bond acceptors (Lipinski definition) is 6. The van der Waals surface area contributed by atoms with E-state index in [2.05, 4.69) is 4.98 Å². The van der Waals surface area contributed by atoms with E-state index in [0.29, 0.717) is 21.7 Å². The summed E-state index contributed by atoms with van der Waals surface area (Å²) in [5.41, 5.74) is 1.41. The van der Waals surface area contributed by atoms with E-state index in [1.165, 1.54) is 28.7 Å². The molecule has 1 aliphatic rings. The summed E-state index contributed by atoms with van der Waals surface area (Å²) in [6.07, 6.45) is 7.07. The first-order valence-corrected chi connectivity index (χ1v) is 11.4. The highest BCUT2D eigenvalue weighted by Crippen LogP contribution is 2.36. The average Bonchev–Trinajstić information content (AvgIpc) is 3.25. The SMILES string of the molecule is COc1ccc(-c2csc3ncn(CC(=O)N(C)C4CCCCC4)c(=O)c23)cc1OC. The Hall–Kier alpha value is -2.87. The first kappa shape index (κ1) is 21.4. The van der Waals surface area contributed by atoms with E-state index in [-0.39, 0.29) is 24.1 Å². The molecule has 1 aromatic carbocycles. The van der Waals surface area contributed by atoms with E-state index >= 15 is 0 Å². The van der Waals surface area contributed by atoms with Crippen molar-refractivity contribution in [1.29, 1.82) is 0 Å². The van der Waals surface area contributed by atoms with Gasteiger partial charge in [-0.15, -0.1) is 11.3 Å². The van der Waals surface area contributed by atoms with Crippen LogP contribution in [0.4, 0.5) is 0 Å². The van der Waals surface area contributed by atoms with Crippen LogP contribution in [0, 0.1) is 0 Å². The highest BCUT2D eigenvalue weighted by Gasteiger charge is 2.23. The van der Waals surface area contributed by atoms with E-state index in [1.54, 1.807) is 19.1 Å². The molecule has 0 N–H and O–H groups in total. The van der Waals surface area contributed by atoms with Gasteiger partial charge in [-0.05, 0) is 30.5 Å². The lowest BCUT2D eigenvalue weighted by atomic mass is 9.94. The maximum atomic E-state index is 13.3. The van der Waals surface area contributed by atoms with Crippen molar-refractivity contribution in [3.05, 3.63) is 40.3 Å². The summed E-state index contributed by atoms with van der Waals surface area (Å²) in [7, 11) is 5.01. The number of rotatable bonds is 6. The van der Waals surface area contributed by atoms with Gasteiger partial charge in [0.2, 0.25) is 5.91 Å². The maximum absolute atomic E-state index is 13.3. The summed E-state index contributed by atoms with van der Waals surface area (Å²) in [4.78, 5) is 33.1. The highest BCUT2D eigenvalue weighted by atomic mass is 32.1. The largest absolute Gasteiger partial charge is 0.493 e. The fourth-order valence-corrected chi connectivity index (χ4v) is 5.13. The molecular weight excluding hydrogens is 414 g/mol. The molecular formula is C23H27N3O4S. The number of nitrogens with zero attached hydrogens (tertiary/aromatic N) is 3. The van der Waals surface area contributed by atoms with Crippen molar-refractivity contribution in [1.82, 2.24) is 14.5 Å². The Morgan fingerprint density at radius 3 is 2.65 bits per heavy atom. The van der Waals surface area contributed by atoms with Crippen molar-refractivity contribution in [2.24, 2.45) is 0 Å². The van der Waals surface area contributed by atoms with Crippen molar-refractivity contribution >= 4 is 27.5 Å². The number of aromatic nitrogens is 2. The first-order valence-electron chi connectivity index (χ1n) is 10.5. The van der Waals surface area contributed by atoms with Gasteiger partial charge in [-0.3, -0.25) is 14.2 Å². The summed E-state index contributed by atoms with van der Waals surface area (Å²) in [5, 5.41) is 2.44. The first-order chi connectivity index (χ1) is 15.0.